The highest BCUT2D eigenvalue weighted by Crippen LogP contribution is 2.44. The van der Waals surface area contributed by atoms with Crippen LogP contribution in [0.15, 0.2) is 48.5 Å². The standard InChI is InChI=1S/C33H41NO2/c1-3-5-7-9-11-12-14-20-26-34(25-19-13-10-8-6-4-2)33(35)36-27-32-30-23-17-15-21-28(30)29-22-16-18-24-31(29)32/h15-18,21-24,32H,7-14,19-20,25-27H2,1-2H3. The number of benzene rings is 2. The molecule has 0 radical (unpaired) electrons. The molecular formula is C33H41NO2. The van der Waals surface area contributed by atoms with Crippen LogP contribution in [0.2, 0.25) is 0 Å². The van der Waals surface area contributed by atoms with Crippen molar-refractivity contribution in [3.8, 4) is 34.8 Å². The molecule has 3 nitrogen and oxygen atoms in total. The van der Waals surface area contributed by atoms with Crippen molar-refractivity contribution in [2.24, 2.45) is 0 Å². The maximum Gasteiger partial charge on any atom is 0.409 e. The topological polar surface area (TPSA) is 29.5 Å². The zero-order valence-electron chi connectivity index (χ0n) is 22.2. The van der Waals surface area contributed by atoms with Gasteiger partial charge >= 0.3 is 6.09 Å². The molecule has 0 N–H and O–H groups in total. The monoisotopic (exact) mass is 483 g/mol. The van der Waals surface area contributed by atoms with E-state index in [0.717, 1.165) is 64.5 Å². The number of amides is 1. The van der Waals surface area contributed by atoms with Crippen molar-refractivity contribution in [3.63, 3.8) is 0 Å². The lowest BCUT2D eigenvalue weighted by atomic mass is 9.98. The zero-order valence-corrected chi connectivity index (χ0v) is 22.2. The van der Waals surface area contributed by atoms with Crippen LogP contribution in [-0.4, -0.2) is 30.7 Å². The lowest BCUT2D eigenvalue weighted by Crippen LogP contribution is -2.34. The highest BCUT2D eigenvalue weighted by atomic mass is 16.6. The summed E-state index contributed by atoms with van der Waals surface area (Å²) in [5.41, 5.74) is 5.02. The second-order valence-electron chi connectivity index (χ2n) is 9.47. The summed E-state index contributed by atoms with van der Waals surface area (Å²) in [7, 11) is 0. The van der Waals surface area contributed by atoms with Gasteiger partial charge in [-0.1, -0.05) is 74.2 Å². The first-order chi connectivity index (χ1) is 17.8. The fraction of sp³-hybridized carbons (Fsp3) is 0.485. The van der Waals surface area contributed by atoms with Crippen LogP contribution in [0.5, 0.6) is 0 Å². The SMILES string of the molecule is CC#CCCCCCCCN(CCCCCC#CC)C(=O)OCC1c2ccccc2-c2ccccc21. The zero-order chi connectivity index (χ0) is 25.4. The molecule has 0 aliphatic heterocycles. The van der Waals surface area contributed by atoms with Crippen molar-refractivity contribution in [2.75, 3.05) is 19.7 Å². The number of nitrogens with zero attached hydrogens (tertiary/aromatic N) is 1. The van der Waals surface area contributed by atoms with Gasteiger partial charge in [0.15, 0.2) is 0 Å². The van der Waals surface area contributed by atoms with Crippen LogP contribution in [0, 0.1) is 23.7 Å². The highest BCUT2D eigenvalue weighted by molar-refractivity contribution is 5.79. The lowest BCUT2D eigenvalue weighted by molar-refractivity contribution is 0.0982. The van der Waals surface area contributed by atoms with E-state index in [1.807, 2.05) is 18.7 Å². The number of unbranched alkanes of at least 4 members (excludes halogenated alkanes) is 8. The number of carbonyl (C=O) groups excluding carboxylic acids is 1. The summed E-state index contributed by atoms with van der Waals surface area (Å²) in [6, 6.07) is 17.0. The van der Waals surface area contributed by atoms with E-state index in [1.165, 1.54) is 35.1 Å². The third kappa shape index (κ3) is 8.20. The molecule has 3 heteroatoms. The van der Waals surface area contributed by atoms with Gasteiger partial charge in [0.25, 0.3) is 0 Å². The van der Waals surface area contributed by atoms with Gasteiger partial charge in [0.2, 0.25) is 0 Å². The van der Waals surface area contributed by atoms with Crippen LogP contribution < -0.4 is 0 Å². The highest BCUT2D eigenvalue weighted by Gasteiger charge is 2.29. The molecule has 2 aromatic carbocycles. The minimum atomic E-state index is -0.177. The van der Waals surface area contributed by atoms with Crippen LogP contribution in [0.25, 0.3) is 11.1 Å². The molecule has 0 atom stereocenters. The molecule has 0 heterocycles. The Hall–Kier alpha value is -3.17. The van der Waals surface area contributed by atoms with Gasteiger partial charge in [-0.25, -0.2) is 4.79 Å². The first-order valence-corrected chi connectivity index (χ1v) is 13.7. The average molecular weight is 484 g/mol. The van der Waals surface area contributed by atoms with E-state index >= 15 is 0 Å². The molecule has 0 unspecified atom stereocenters. The third-order valence-electron chi connectivity index (χ3n) is 6.91. The van der Waals surface area contributed by atoms with Crippen molar-refractivity contribution in [2.45, 2.75) is 84.0 Å². The molecule has 1 aliphatic carbocycles. The fourth-order valence-electron chi connectivity index (χ4n) is 4.97. The first-order valence-electron chi connectivity index (χ1n) is 13.7. The van der Waals surface area contributed by atoms with Gasteiger partial charge in [-0.05, 0) is 61.8 Å². The Labute approximate surface area is 218 Å². The van der Waals surface area contributed by atoms with E-state index < -0.39 is 0 Å². The van der Waals surface area contributed by atoms with Crippen LogP contribution in [0.4, 0.5) is 4.79 Å². The molecule has 2 aromatic rings. The van der Waals surface area contributed by atoms with Crippen LogP contribution in [0.3, 0.4) is 0 Å². The molecule has 1 aliphatic rings. The number of carbonyl (C=O) groups is 1. The summed E-state index contributed by atoms with van der Waals surface area (Å²) in [6.07, 6.45) is 10.6. The molecule has 0 spiro atoms. The predicted octanol–water partition coefficient (Wildman–Crippen LogP) is 8.19. The van der Waals surface area contributed by atoms with E-state index in [-0.39, 0.29) is 12.0 Å². The van der Waals surface area contributed by atoms with Gasteiger partial charge in [-0.3, -0.25) is 0 Å². The number of hydrogen-bond donors (Lipinski definition) is 0. The van der Waals surface area contributed by atoms with E-state index in [1.54, 1.807) is 0 Å². The molecule has 0 saturated heterocycles. The maximum absolute atomic E-state index is 13.2. The van der Waals surface area contributed by atoms with Crippen LogP contribution in [0.1, 0.15) is 95.1 Å². The molecule has 0 saturated carbocycles. The third-order valence-corrected chi connectivity index (χ3v) is 6.91. The van der Waals surface area contributed by atoms with Gasteiger partial charge in [0, 0.05) is 31.8 Å². The van der Waals surface area contributed by atoms with Crippen molar-refractivity contribution in [1.82, 2.24) is 4.90 Å². The van der Waals surface area contributed by atoms with Gasteiger partial charge in [-0.15, -0.1) is 23.7 Å². The van der Waals surface area contributed by atoms with E-state index in [0.29, 0.717) is 6.61 Å². The molecule has 190 valence electrons. The molecule has 1 amide bonds. The van der Waals surface area contributed by atoms with E-state index in [9.17, 15) is 4.79 Å². The number of ether oxygens (including phenoxy) is 1. The minimum absolute atomic E-state index is 0.0991. The second kappa shape index (κ2) is 15.7. The Balaban J connectivity index is 1.53. The summed E-state index contributed by atoms with van der Waals surface area (Å²) in [5.74, 6) is 12.3. The fourth-order valence-corrected chi connectivity index (χ4v) is 4.97. The molecule has 3 rings (SSSR count). The number of rotatable bonds is 14. The molecular weight excluding hydrogens is 442 g/mol. The Morgan fingerprint density at radius 1 is 0.722 bits per heavy atom. The second-order valence-corrected chi connectivity index (χ2v) is 9.47. The summed E-state index contributed by atoms with van der Waals surface area (Å²) in [5, 5.41) is 0. The van der Waals surface area contributed by atoms with Crippen molar-refractivity contribution in [1.29, 1.82) is 0 Å². The summed E-state index contributed by atoms with van der Waals surface area (Å²) in [4.78, 5) is 15.1. The number of hydrogen-bond acceptors (Lipinski definition) is 2. The Morgan fingerprint density at radius 2 is 1.19 bits per heavy atom. The Morgan fingerprint density at radius 3 is 1.75 bits per heavy atom. The Kier molecular flexibility index (Phi) is 12.0. The maximum atomic E-state index is 13.2. The summed E-state index contributed by atoms with van der Waals surface area (Å²) in [6.45, 7) is 5.68. The van der Waals surface area contributed by atoms with Gasteiger partial charge in [-0.2, -0.15) is 0 Å². The normalized spacial score (nSPS) is 11.5. The van der Waals surface area contributed by atoms with Gasteiger partial charge < -0.3 is 9.64 Å². The lowest BCUT2D eigenvalue weighted by Gasteiger charge is -2.23. The summed E-state index contributed by atoms with van der Waals surface area (Å²) < 4.78 is 5.97. The van der Waals surface area contributed by atoms with Crippen LogP contribution in [-0.2, 0) is 4.74 Å². The van der Waals surface area contributed by atoms with Crippen molar-refractivity contribution >= 4 is 6.09 Å². The summed E-state index contributed by atoms with van der Waals surface area (Å²) >= 11 is 0. The van der Waals surface area contributed by atoms with Gasteiger partial charge in [0.1, 0.15) is 6.61 Å². The molecule has 0 fully saturated rings. The average Bonchev–Trinajstić information content (AvgIpc) is 3.23. The van der Waals surface area contributed by atoms with Crippen molar-refractivity contribution in [3.05, 3.63) is 59.7 Å². The largest absolute Gasteiger partial charge is 0.448 e. The van der Waals surface area contributed by atoms with E-state index in [4.69, 9.17) is 4.74 Å². The Bertz CT molecular complexity index is 1040. The van der Waals surface area contributed by atoms with Crippen molar-refractivity contribution < 1.29 is 9.53 Å². The first kappa shape index (κ1) is 27.4. The molecule has 36 heavy (non-hydrogen) atoms. The van der Waals surface area contributed by atoms with Gasteiger partial charge in [0.05, 0.1) is 0 Å². The smallest absolute Gasteiger partial charge is 0.409 e. The molecule has 0 bridgehead atoms. The van der Waals surface area contributed by atoms with E-state index in [2.05, 4.69) is 72.2 Å². The van der Waals surface area contributed by atoms with Crippen LogP contribution >= 0.6 is 0 Å². The number of fused-ring (bicyclic) bond motifs is 3. The minimum Gasteiger partial charge on any atom is -0.448 e. The molecule has 0 aromatic heterocycles. The quantitative estimate of drug-likeness (QED) is 0.200. The predicted molar refractivity (Wildman–Crippen MR) is 150 cm³/mol.